The molecule has 1 aliphatic carbocycles. The molecule has 1 aliphatic heterocycles. The van der Waals surface area contributed by atoms with Crippen molar-refractivity contribution in [2.45, 2.75) is 31.8 Å². The summed E-state index contributed by atoms with van der Waals surface area (Å²) in [4.78, 5) is 11.5. The monoisotopic (exact) mass is 310 g/mol. The van der Waals surface area contributed by atoms with Gasteiger partial charge < -0.3 is 20.1 Å². The summed E-state index contributed by atoms with van der Waals surface area (Å²) in [6, 6.07) is 4.22. The van der Waals surface area contributed by atoms with Crippen LogP contribution in [0.3, 0.4) is 0 Å². The van der Waals surface area contributed by atoms with Crippen LogP contribution < -0.4 is 20.1 Å². The van der Waals surface area contributed by atoms with Gasteiger partial charge in [-0.2, -0.15) is 0 Å². The van der Waals surface area contributed by atoms with Crippen LogP contribution in [0.25, 0.3) is 0 Å². The van der Waals surface area contributed by atoms with Crippen molar-refractivity contribution in [2.24, 2.45) is 0 Å². The van der Waals surface area contributed by atoms with Gasteiger partial charge in [-0.3, -0.25) is 4.79 Å². The number of halogens is 1. The molecule has 0 spiro atoms. The molecule has 6 heteroatoms. The van der Waals surface area contributed by atoms with Gasteiger partial charge in [-0.1, -0.05) is 11.6 Å². The molecule has 1 heterocycles. The first-order chi connectivity index (χ1) is 10.2. The Labute approximate surface area is 128 Å². The van der Waals surface area contributed by atoms with E-state index in [2.05, 4.69) is 10.6 Å². The third-order valence-corrected chi connectivity index (χ3v) is 3.74. The molecular formula is C15H19ClN2O3. The number of carbonyl (C=O) groups is 1. The van der Waals surface area contributed by atoms with Crippen LogP contribution in [0, 0.1) is 0 Å². The molecule has 21 heavy (non-hydrogen) atoms. The van der Waals surface area contributed by atoms with E-state index in [0.29, 0.717) is 55.3 Å². The van der Waals surface area contributed by atoms with Crippen LogP contribution >= 0.6 is 11.6 Å². The van der Waals surface area contributed by atoms with E-state index in [1.807, 2.05) is 12.1 Å². The molecule has 5 nitrogen and oxygen atoms in total. The Kier molecular flexibility index (Phi) is 4.51. The summed E-state index contributed by atoms with van der Waals surface area (Å²) < 4.78 is 11.0. The Bertz CT molecular complexity index is 532. The molecular weight excluding hydrogens is 292 g/mol. The van der Waals surface area contributed by atoms with Crippen LogP contribution in [-0.2, 0) is 11.3 Å². The summed E-state index contributed by atoms with van der Waals surface area (Å²) in [5.41, 5.74) is 1.02. The van der Waals surface area contributed by atoms with Crippen molar-refractivity contribution in [3.63, 3.8) is 0 Å². The van der Waals surface area contributed by atoms with E-state index < -0.39 is 0 Å². The molecule has 0 aromatic heterocycles. The highest BCUT2D eigenvalue weighted by Crippen LogP contribution is 2.38. The lowest BCUT2D eigenvalue weighted by Gasteiger charge is -2.20. The molecule has 0 radical (unpaired) electrons. The highest BCUT2D eigenvalue weighted by Gasteiger charge is 2.22. The lowest BCUT2D eigenvalue weighted by atomic mass is 10.2. The van der Waals surface area contributed by atoms with E-state index in [1.165, 1.54) is 0 Å². The van der Waals surface area contributed by atoms with Gasteiger partial charge in [0, 0.05) is 25.6 Å². The van der Waals surface area contributed by atoms with Crippen molar-refractivity contribution in [1.29, 1.82) is 0 Å². The van der Waals surface area contributed by atoms with Crippen molar-refractivity contribution in [1.82, 2.24) is 10.6 Å². The van der Waals surface area contributed by atoms with Crippen LogP contribution in [0.15, 0.2) is 12.1 Å². The first kappa shape index (κ1) is 14.5. The van der Waals surface area contributed by atoms with Gasteiger partial charge >= 0.3 is 0 Å². The smallest absolute Gasteiger partial charge is 0.221 e. The van der Waals surface area contributed by atoms with E-state index in [4.69, 9.17) is 21.1 Å². The Balaban J connectivity index is 1.46. The number of benzene rings is 1. The Morgan fingerprint density at radius 3 is 2.90 bits per heavy atom. The van der Waals surface area contributed by atoms with Crippen LogP contribution in [0.1, 0.15) is 24.8 Å². The highest BCUT2D eigenvalue weighted by atomic mass is 35.5. The lowest BCUT2D eigenvalue weighted by Crippen LogP contribution is -2.29. The van der Waals surface area contributed by atoms with Gasteiger partial charge in [-0.25, -0.2) is 0 Å². The summed E-state index contributed by atoms with van der Waals surface area (Å²) in [6.45, 7) is 2.36. The van der Waals surface area contributed by atoms with Crippen LogP contribution in [0.4, 0.5) is 0 Å². The fraction of sp³-hybridized carbons (Fsp3) is 0.533. The minimum atomic E-state index is 0.116. The molecule has 1 fully saturated rings. The normalized spacial score (nSPS) is 16.6. The maximum Gasteiger partial charge on any atom is 0.221 e. The first-order valence-corrected chi connectivity index (χ1v) is 7.68. The molecule has 1 aromatic carbocycles. The Hall–Kier alpha value is -1.46. The predicted octanol–water partition coefficient (Wildman–Crippen LogP) is 1.87. The molecule has 2 N–H and O–H groups in total. The maximum atomic E-state index is 11.5. The maximum absolute atomic E-state index is 11.5. The molecule has 2 aliphatic rings. The average Bonchev–Trinajstić information content (AvgIpc) is 3.28. The summed E-state index contributed by atoms with van der Waals surface area (Å²) in [7, 11) is 0. The second-order valence-corrected chi connectivity index (χ2v) is 5.78. The van der Waals surface area contributed by atoms with Crippen LogP contribution in [0.5, 0.6) is 11.5 Å². The van der Waals surface area contributed by atoms with Crippen molar-refractivity contribution < 1.29 is 14.3 Å². The average molecular weight is 311 g/mol. The van der Waals surface area contributed by atoms with E-state index in [9.17, 15) is 4.79 Å². The molecule has 1 amide bonds. The van der Waals surface area contributed by atoms with Gasteiger partial charge in [-0.15, -0.1) is 0 Å². The minimum Gasteiger partial charge on any atom is -0.486 e. The fourth-order valence-corrected chi connectivity index (χ4v) is 2.52. The number of hydrogen-bond acceptors (Lipinski definition) is 4. The van der Waals surface area contributed by atoms with Gasteiger partial charge in [0.1, 0.15) is 13.2 Å². The second-order valence-electron chi connectivity index (χ2n) is 5.37. The molecule has 0 saturated heterocycles. The van der Waals surface area contributed by atoms with Gasteiger partial charge in [0.15, 0.2) is 11.5 Å². The van der Waals surface area contributed by atoms with E-state index in [-0.39, 0.29) is 5.91 Å². The quantitative estimate of drug-likeness (QED) is 0.788. The topological polar surface area (TPSA) is 59.6 Å². The molecule has 0 unspecified atom stereocenters. The highest BCUT2D eigenvalue weighted by molar-refractivity contribution is 6.32. The summed E-state index contributed by atoms with van der Waals surface area (Å²) in [5, 5.41) is 6.78. The van der Waals surface area contributed by atoms with Gasteiger partial charge in [0.25, 0.3) is 0 Å². The van der Waals surface area contributed by atoms with Crippen molar-refractivity contribution in [3.8, 4) is 11.5 Å². The van der Waals surface area contributed by atoms with Gasteiger partial charge in [0.05, 0.1) is 5.02 Å². The third-order valence-electron chi connectivity index (χ3n) is 3.46. The SMILES string of the molecule is O=C(CCNCc1cc(Cl)c2c(c1)OCCO2)NC1CC1. The zero-order valence-electron chi connectivity index (χ0n) is 11.8. The Morgan fingerprint density at radius 1 is 1.29 bits per heavy atom. The number of amides is 1. The molecule has 1 saturated carbocycles. The molecule has 0 bridgehead atoms. The van der Waals surface area contributed by atoms with E-state index in [1.54, 1.807) is 0 Å². The Morgan fingerprint density at radius 2 is 2.10 bits per heavy atom. The predicted molar refractivity (Wildman–Crippen MR) is 79.9 cm³/mol. The number of fused-ring (bicyclic) bond motifs is 1. The minimum absolute atomic E-state index is 0.116. The largest absolute Gasteiger partial charge is 0.486 e. The number of hydrogen-bond donors (Lipinski definition) is 2. The fourth-order valence-electron chi connectivity index (χ4n) is 2.23. The van der Waals surface area contributed by atoms with Crippen molar-refractivity contribution >= 4 is 17.5 Å². The molecule has 0 atom stereocenters. The van der Waals surface area contributed by atoms with Gasteiger partial charge in [-0.05, 0) is 30.5 Å². The lowest BCUT2D eigenvalue weighted by molar-refractivity contribution is -0.121. The van der Waals surface area contributed by atoms with E-state index in [0.717, 1.165) is 18.4 Å². The first-order valence-electron chi connectivity index (χ1n) is 7.30. The number of carbonyl (C=O) groups excluding carboxylic acids is 1. The molecule has 114 valence electrons. The molecule has 3 rings (SSSR count). The van der Waals surface area contributed by atoms with Crippen molar-refractivity contribution in [2.75, 3.05) is 19.8 Å². The van der Waals surface area contributed by atoms with Crippen LogP contribution in [-0.4, -0.2) is 31.7 Å². The summed E-state index contributed by atoms with van der Waals surface area (Å²) in [5.74, 6) is 1.43. The van der Waals surface area contributed by atoms with Crippen molar-refractivity contribution in [3.05, 3.63) is 22.7 Å². The third kappa shape index (κ3) is 4.02. The summed E-state index contributed by atoms with van der Waals surface area (Å²) >= 11 is 6.18. The number of rotatable bonds is 6. The zero-order valence-corrected chi connectivity index (χ0v) is 12.5. The van der Waals surface area contributed by atoms with Crippen LogP contribution in [0.2, 0.25) is 5.02 Å². The number of nitrogens with one attached hydrogen (secondary N) is 2. The number of ether oxygens (including phenoxy) is 2. The zero-order chi connectivity index (χ0) is 14.7. The second kappa shape index (κ2) is 6.54. The standard InChI is InChI=1S/C15H19ClN2O3/c16-12-7-10(8-13-15(12)21-6-5-20-13)9-17-4-3-14(19)18-11-1-2-11/h7-8,11,17H,1-6,9H2,(H,18,19). The van der Waals surface area contributed by atoms with E-state index >= 15 is 0 Å². The molecule has 1 aromatic rings. The van der Waals surface area contributed by atoms with Gasteiger partial charge in [0.2, 0.25) is 5.91 Å². The summed E-state index contributed by atoms with van der Waals surface area (Å²) in [6.07, 6.45) is 2.73.